The van der Waals surface area contributed by atoms with Crippen molar-refractivity contribution < 1.29 is 9.53 Å². The van der Waals surface area contributed by atoms with Crippen molar-refractivity contribution in [3.8, 4) is 5.88 Å². The highest BCUT2D eigenvalue weighted by atomic mass is 16.5. The Hall–Kier alpha value is -2.82. The summed E-state index contributed by atoms with van der Waals surface area (Å²) >= 11 is 0. The topological polar surface area (TPSA) is 67.0 Å². The molecule has 2 aromatic heterocycles. The number of pyridine rings is 1. The van der Waals surface area contributed by atoms with E-state index in [2.05, 4.69) is 22.2 Å². The number of nitrogens with zero attached hydrogens (tertiary/aromatic N) is 1. The fraction of sp³-hybridized carbons (Fsp3) is 0.364. The molecular weight excluding hydrogens is 338 g/mol. The molecule has 5 nitrogen and oxygen atoms in total. The zero-order valence-corrected chi connectivity index (χ0v) is 15.7. The summed E-state index contributed by atoms with van der Waals surface area (Å²) in [6, 6.07) is 9.71. The molecule has 0 fully saturated rings. The number of hydrogen-bond donors (Lipinski definition) is 2. The van der Waals surface area contributed by atoms with Crippen molar-refractivity contribution in [2.45, 2.75) is 45.6 Å². The number of rotatable bonds is 6. The van der Waals surface area contributed by atoms with Crippen molar-refractivity contribution in [3.05, 3.63) is 58.9 Å². The van der Waals surface area contributed by atoms with Gasteiger partial charge in [-0.25, -0.2) is 4.98 Å². The van der Waals surface area contributed by atoms with Crippen molar-refractivity contribution in [3.63, 3.8) is 0 Å². The molecule has 1 amide bonds. The molecule has 1 aliphatic carbocycles. The summed E-state index contributed by atoms with van der Waals surface area (Å²) in [4.78, 5) is 20.5. The second kappa shape index (κ2) is 7.82. The summed E-state index contributed by atoms with van der Waals surface area (Å²) in [7, 11) is 0. The molecule has 0 bridgehead atoms. The third-order valence-electron chi connectivity index (χ3n) is 5.09. The minimum atomic E-state index is -0.0760. The fourth-order valence-corrected chi connectivity index (χ4v) is 3.71. The van der Waals surface area contributed by atoms with Crippen molar-refractivity contribution >= 4 is 16.8 Å². The predicted octanol–water partition coefficient (Wildman–Crippen LogP) is 4.16. The minimum Gasteiger partial charge on any atom is -0.477 e. The molecule has 0 saturated heterocycles. The lowest BCUT2D eigenvalue weighted by Gasteiger charge is -2.11. The first kappa shape index (κ1) is 17.6. The Morgan fingerprint density at radius 1 is 1.26 bits per heavy atom. The van der Waals surface area contributed by atoms with E-state index in [1.165, 1.54) is 29.5 Å². The van der Waals surface area contributed by atoms with E-state index >= 15 is 0 Å². The molecule has 2 N–H and O–H groups in total. The second-order valence-corrected chi connectivity index (χ2v) is 7.05. The van der Waals surface area contributed by atoms with Crippen LogP contribution in [0.2, 0.25) is 0 Å². The maximum absolute atomic E-state index is 12.7. The molecule has 1 aromatic carbocycles. The molecule has 5 heteroatoms. The Balaban J connectivity index is 1.50. The van der Waals surface area contributed by atoms with Crippen molar-refractivity contribution in [1.82, 2.24) is 15.3 Å². The average Bonchev–Trinajstić information content (AvgIpc) is 3.09. The summed E-state index contributed by atoms with van der Waals surface area (Å²) in [5.41, 5.74) is 5.42. The van der Waals surface area contributed by atoms with Crippen LogP contribution in [0.4, 0.5) is 0 Å². The quantitative estimate of drug-likeness (QED) is 0.691. The van der Waals surface area contributed by atoms with Gasteiger partial charge in [0.25, 0.3) is 5.91 Å². The number of fused-ring (bicyclic) bond motifs is 3. The lowest BCUT2D eigenvalue weighted by Crippen LogP contribution is -2.23. The summed E-state index contributed by atoms with van der Waals surface area (Å²) in [6.45, 7) is 3.07. The van der Waals surface area contributed by atoms with E-state index in [1.807, 2.05) is 30.3 Å². The molecule has 0 radical (unpaired) electrons. The molecule has 27 heavy (non-hydrogen) atoms. The lowest BCUT2D eigenvalue weighted by atomic mass is 9.95. The number of aromatic amines is 1. The van der Waals surface area contributed by atoms with Gasteiger partial charge in [-0.3, -0.25) is 4.79 Å². The van der Waals surface area contributed by atoms with Gasteiger partial charge in [-0.05, 0) is 61.9 Å². The van der Waals surface area contributed by atoms with Crippen LogP contribution in [0, 0.1) is 0 Å². The number of nitrogens with one attached hydrogen (secondary N) is 2. The summed E-state index contributed by atoms with van der Waals surface area (Å²) < 4.78 is 5.67. The van der Waals surface area contributed by atoms with E-state index in [4.69, 9.17) is 4.74 Å². The van der Waals surface area contributed by atoms with Gasteiger partial charge in [0.05, 0.1) is 6.61 Å². The Labute approximate surface area is 159 Å². The number of benzene rings is 1. The Bertz CT molecular complexity index is 961. The van der Waals surface area contributed by atoms with Crippen LogP contribution >= 0.6 is 0 Å². The lowest BCUT2D eigenvalue weighted by molar-refractivity contribution is 0.0950. The number of H-pyrrole nitrogens is 1. The van der Waals surface area contributed by atoms with Gasteiger partial charge >= 0.3 is 0 Å². The predicted molar refractivity (Wildman–Crippen MR) is 106 cm³/mol. The van der Waals surface area contributed by atoms with Crippen molar-refractivity contribution in [2.75, 3.05) is 6.61 Å². The highest BCUT2D eigenvalue weighted by molar-refractivity contribution is 5.99. The Morgan fingerprint density at radius 3 is 3.04 bits per heavy atom. The molecule has 2 heterocycles. The molecule has 0 spiro atoms. The number of amides is 1. The number of hydrogen-bond acceptors (Lipinski definition) is 3. The van der Waals surface area contributed by atoms with E-state index in [-0.39, 0.29) is 5.91 Å². The van der Waals surface area contributed by atoms with Crippen LogP contribution in [0.5, 0.6) is 5.88 Å². The van der Waals surface area contributed by atoms with Crippen LogP contribution in [-0.2, 0) is 19.4 Å². The molecule has 1 aliphatic rings. The first-order chi connectivity index (χ1) is 13.3. The van der Waals surface area contributed by atoms with Gasteiger partial charge < -0.3 is 15.0 Å². The molecule has 0 unspecified atom stereocenters. The monoisotopic (exact) mass is 363 g/mol. The molecule has 140 valence electrons. The summed E-state index contributed by atoms with van der Waals surface area (Å²) in [5, 5.41) is 4.19. The molecule has 4 rings (SSSR count). The summed E-state index contributed by atoms with van der Waals surface area (Å²) in [5.74, 6) is 0.516. The van der Waals surface area contributed by atoms with Gasteiger partial charge in [0.15, 0.2) is 0 Å². The SMILES string of the molecule is CCCOc1ncccc1CNC(=O)c1ccc2[nH]c3c(c2c1)CCCC3. The van der Waals surface area contributed by atoms with Crippen LogP contribution in [0.3, 0.4) is 0 Å². The number of carbonyl (C=O) groups excluding carboxylic acids is 1. The molecule has 0 aliphatic heterocycles. The molecule has 0 atom stereocenters. The third-order valence-corrected chi connectivity index (χ3v) is 5.09. The van der Waals surface area contributed by atoms with Crippen LogP contribution < -0.4 is 10.1 Å². The van der Waals surface area contributed by atoms with Crippen LogP contribution in [-0.4, -0.2) is 22.5 Å². The van der Waals surface area contributed by atoms with Crippen LogP contribution in [0.1, 0.15) is 53.4 Å². The molecular formula is C22H25N3O2. The van der Waals surface area contributed by atoms with E-state index in [1.54, 1.807) is 6.20 Å². The van der Waals surface area contributed by atoms with Crippen molar-refractivity contribution in [2.24, 2.45) is 0 Å². The second-order valence-electron chi connectivity index (χ2n) is 7.05. The van der Waals surface area contributed by atoms with Gasteiger partial charge in [-0.1, -0.05) is 13.0 Å². The largest absolute Gasteiger partial charge is 0.477 e. The summed E-state index contributed by atoms with van der Waals surface area (Å²) in [6.07, 6.45) is 7.28. The fourth-order valence-electron chi connectivity index (χ4n) is 3.71. The van der Waals surface area contributed by atoms with Gasteiger partial charge in [0.2, 0.25) is 5.88 Å². The van der Waals surface area contributed by atoms with Gasteiger partial charge in [0.1, 0.15) is 0 Å². The van der Waals surface area contributed by atoms with E-state index in [0.717, 1.165) is 30.3 Å². The van der Waals surface area contributed by atoms with Gasteiger partial charge in [-0.2, -0.15) is 0 Å². The Morgan fingerprint density at radius 2 is 2.15 bits per heavy atom. The minimum absolute atomic E-state index is 0.0760. The zero-order valence-electron chi connectivity index (χ0n) is 15.7. The Kier molecular flexibility index (Phi) is 5.10. The van der Waals surface area contributed by atoms with Crippen LogP contribution in [0.15, 0.2) is 36.5 Å². The number of aryl methyl sites for hydroxylation is 2. The first-order valence-corrected chi connectivity index (χ1v) is 9.74. The maximum atomic E-state index is 12.7. The number of carbonyl (C=O) groups is 1. The average molecular weight is 363 g/mol. The maximum Gasteiger partial charge on any atom is 0.251 e. The number of ether oxygens (including phenoxy) is 1. The normalized spacial score (nSPS) is 13.4. The zero-order chi connectivity index (χ0) is 18.6. The highest BCUT2D eigenvalue weighted by Gasteiger charge is 2.17. The third kappa shape index (κ3) is 3.68. The van der Waals surface area contributed by atoms with E-state index in [0.29, 0.717) is 24.6 Å². The molecule has 3 aromatic rings. The van der Waals surface area contributed by atoms with E-state index in [9.17, 15) is 4.79 Å². The van der Waals surface area contributed by atoms with Crippen LogP contribution in [0.25, 0.3) is 10.9 Å². The number of aromatic nitrogens is 2. The van der Waals surface area contributed by atoms with E-state index < -0.39 is 0 Å². The van der Waals surface area contributed by atoms with Gasteiger partial charge in [-0.15, -0.1) is 0 Å². The van der Waals surface area contributed by atoms with Crippen molar-refractivity contribution in [1.29, 1.82) is 0 Å². The van der Waals surface area contributed by atoms with Gasteiger partial charge in [0, 0.05) is 40.5 Å². The smallest absolute Gasteiger partial charge is 0.251 e. The standard InChI is InChI=1S/C22H25N3O2/c1-2-12-27-22-16(6-5-11-23-22)14-24-21(26)15-9-10-20-18(13-15)17-7-3-4-8-19(17)25-20/h5-6,9-11,13,25H,2-4,7-8,12,14H2,1H3,(H,24,26). The first-order valence-electron chi connectivity index (χ1n) is 9.74. The highest BCUT2D eigenvalue weighted by Crippen LogP contribution is 2.29. The molecule has 0 saturated carbocycles.